The standard InChI is InChI=1S/C18H22F3N3O/c1-12-14(17(25)4-7-18(19,20)21)2-3-16-15(12)11-24(23-16)10-13-5-8-22-9-6-13/h2-3,11,13,22H,4-10H2,1H3. The molecule has 7 heteroatoms. The fourth-order valence-corrected chi connectivity index (χ4v) is 3.40. The van der Waals surface area contributed by atoms with Crippen LogP contribution in [0, 0.1) is 12.8 Å². The number of aryl methyl sites for hydroxylation is 1. The van der Waals surface area contributed by atoms with Gasteiger partial charge in [-0.15, -0.1) is 0 Å². The number of piperidine rings is 1. The van der Waals surface area contributed by atoms with Crippen LogP contribution in [-0.4, -0.2) is 34.8 Å². The number of nitrogens with zero attached hydrogens (tertiary/aromatic N) is 2. The number of carbonyl (C=O) groups is 1. The van der Waals surface area contributed by atoms with Crippen molar-refractivity contribution in [1.29, 1.82) is 0 Å². The molecule has 1 fully saturated rings. The summed E-state index contributed by atoms with van der Waals surface area (Å²) in [5.74, 6) is 0.103. The van der Waals surface area contributed by atoms with Crippen molar-refractivity contribution in [3.63, 3.8) is 0 Å². The van der Waals surface area contributed by atoms with Crippen molar-refractivity contribution < 1.29 is 18.0 Å². The van der Waals surface area contributed by atoms with Crippen molar-refractivity contribution in [2.45, 2.75) is 45.3 Å². The van der Waals surface area contributed by atoms with Crippen LogP contribution in [-0.2, 0) is 6.54 Å². The minimum Gasteiger partial charge on any atom is -0.317 e. The van der Waals surface area contributed by atoms with E-state index in [1.54, 1.807) is 19.1 Å². The summed E-state index contributed by atoms with van der Waals surface area (Å²) in [4.78, 5) is 12.1. The Kier molecular flexibility index (Phi) is 5.13. The van der Waals surface area contributed by atoms with Crippen molar-refractivity contribution in [1.82, 2.24) is 15.1 Å². The normalized spacial score (nSPS) is 16.5. The fraction of sp³-hybridized carbons (Fsp3) is 0.556. The van der Waals surface area contributed by atoms with Gasteiger partial charge in [0.2, 0.25) is 0 Å². The molecule has 0 atom stereocenters. The van der Waals surface area contributed by atoms with E-state index in [1.807, 2.05) is 10.9 Å². The Labute approximate surface area is 144 Å². The molecule has 2 aromatic rings. The van der Waals surface area contributed by atoms with Crippen molar-refractivity contribution >= 4 is 16.7 Å². The summed E-state index contributed by atoms with van der Waals surface area (Å²) >= 11 is 0. The number of alkyl halides is 3. The second-order valence-electron chi connectivity index (χ2n) is 6.75. The number of aromatic nitrogens is 2. The van der Waals surface area contributed by atoms with Crippen LogP contribution in [0.5, 0.6) is 0 Å². The summed E-state index contributed by atoms with van der Waals surface area (Å²) in [6, 6.07) is 3.32. The third kappa shape index (κ3) is 4.39. The molecule has 1 aliphatic heterocycles. The van der Waals surface area contributed by atoms with Crippen LogP contribution in [0.1, 0.15) is 41.6 Å². The molecule has 0 bridgehead atoms. The number of hydrogen-bond donors (Lipinski definition) is 1. The van der Waals surface area contributed by atoms with E-state index in [-0.39, 0.29) is 0 Å². The Morgan fingerprint density at radius 3 is 2.72 bits per heavy atom. The van der Waals surface area contributed by atoms with E-state index in [9.17, 15) is 18.0 Å². The van der Waals surface area contributed by atoms with Crippen molar-refractivity contribution in [2.75, 3.05) is 13.1 Å². The number of carbonyl (C=O) groups excluding carboxylic acids is 1. The maximum atomic E-state index is 12.3. The number of rotatable bonds is 5. The first-order chi connectivity index (χ1) is 11.8. The number of Topliss-reactive ketones (excluding diaryl/α,β-unsaturated/α-hetero) is 1. The molecule has 25 heavy (non-hydrogen) atoms. The van der Waals surface area contributed by atoms with Gasteiger partial charge in [-0.05, 0) is 56.5 Å². The molecule has 1 saturated heterocycles. The molecule has 4 nitrogen and oxygen atoms in total. The first-order valence-electron chi connectivity index (χ1n) is 8.61. The van der Waals surface area contributed by atoms with E-state index in [1.165, 1.54) is 0 Å². The van der Waals surface area contributed by atoms with E-state index in [0.29, 0.717) is 17.0 Å². The predicted molar refractivity (Wildman–Crippen MR) is 89.7 cm³/mol. The molecular formula is C18H22F3N3O. The maximum Gasteiger partial charge on any atom is 0.389 e. The SMILES string of the molecule is Cc1c(C(=O)CCC(F)(F)F)ccc2nn(CC3CCNCC3)cc12. The number of nitrogens with one attached hydrogen (secondary N) is 1. The van der Waals surface area contributed by atoms with Crippen LogP contribution in [0.2, 0.25) is 0 Å². The topological polar surface area (TPSA) is 46.9 Å². The van der Waals surface area contributed by atoms with Crippen molar-refractivity contribution in [2.24, 2.45) is 5.92 Å². The van der Waals surface area contributed by atoms with Crippen LogP contribution >= 0.6 is 0 Å². The smallest absolute Gasteiger partial charge is 0.317 e. The molecule has 136 valence electrons. The van der Waals surface area contributed by atoms with E-state index >= 15 is 0 Å². The quantitative estimate of drug-likeness (QED) is 0.830. The first kappa shape index (κ1) is 17.9. The van der Waals surface area contributed by atoms with Gasteiger partial charge in [0, 0.05) is 30.1 Å². The van der Waals surface area contributed by atoms with Crippen LogP contribution in [0.4, 0.5) is 13.2 Å². The highest BCUT2D eigenvalue weighted by molar-refractivity contribution is 6.01. The molecule has 1 aromatic heterocycles. The lowest BCUT2D eigenvalue weighted by Crippen LogP contribution is -2.29. The average molecular weight is 353 g/mol. The zero-order chi connectivity index (χ0) is 18.0. The van der Waals surface area contributed by atoms with Crippen LogP contribution in [0.25, 0.3) is 10.9 Å². The van der Waals surface area contributed by atoms with Gasteiger partial charge in [-0.25, -0.2) is 0 Å². The highest BCUT2D eigenvalue weighted by Gasteiger charge is 2.28. The lowest BCUT2D eigenvalue weighted by Gasteiger charge is -2.22. The largest absolute Gasteiger partial charge is 0.389 e. The number of fused-ring (bicyclic) bond motifs is 1. The zero-order valence-electron chi connectivity index (χ0n) is 14.2. The third-order valence-corrected chi connectivity index (χ3v) is 4.85. The summed E-state index contributed by atoms with van der Waals surface area (Å²) in [7, 11) is 0. The second-order valence-corrected chi connectivity index (χ2v) is 6.75. The molecule has 0 radical (unpaired) electrons. The lowest BCUT2D eigenvalue weighted by molar-refractivity contribution is -0.133. The Hall–Kier alpha value is -1.89. The maximum absolute atomic E-state index is 12.3. The Morgan fingerprint density at radius 2 is 2.04 bits per heavy atom. The highest BCUT2D eigenvalue weighted by atomic mass is 19.4. The van der Waals surface area contributed by atoms with E-state index in [2.05, 4.69) is 10.4 Å². The molecule has 3 rings (SSSR count). The van der Waals surface area contributed by atoms with E-state index in [4.69, 9.17) is 0 Å². The molecule has 0 spiro atoms. The first-order valence-corrected chi connectivity index (χ1v) is 8.61. The minimum atomic E-state index is -4.31. The number of ketones is 1. The Bertz CT molecular complexity index is 761. The van der Waals surface area contributed by atoms with Crippen LogP contribution in [0.15, 0.2) is 18.3 Å². The van der Waals surface area contributed by atoms with Gasteiger partial charge in [0.15, 0.2) is 5.78 Å². The second kappa shape index (κ2) is 7.15. The van der Waals surface area contributed by atoms with Crippen molar-refractivity contribution in [3.8, 4) is 0 Å². The molecule has 1 N–H and O–H groups in total. The summed E-state index contributed by atoms with van der Waals surface area (Å²) in [5.41, 5.74) is 1.85. The van der Waals surface area contributed by atoms with Crippen LogP contribution < -0.4 is 5.32 Å². The highest BCUT2D eigenvalue weighted by Crippen LogP contribution is 2.26. The Balaban J connectivity index is 1.78. The van der Waals surface area contributed by atoms with Crippen LogP contribution in [0.3, 0.4) is 0 Å². The molecule has 0 aliphatic carbocycles. The summed E-state index contributed by atoms with van der Waals surface area (Å²) in [5, 5.41) is 8.73. The van der Waals surface area contributed by atoms with Gasteiger partial charge < -0.3 is 5.32 Å². The van der Waals surface area contributed by atoms with Gasteiger partial charge >= 0.3 is 6.18 Å². The predicted octanol–water partition coefficient (Wildman–Crippen LogP) is 3.87. The van der Waals surface area contributed by atoms with Crippen molar-refractivity contribution in [3.05, 3.63) is 29.5 Å². The molecule has 0 saturated carbocycles. The molecular weight excluding hydrogens is 331 g/mol. The third-order valence-electron chi connectivity index (χ3n) is 4.85. The molecule has 2 heterocycles. The molecule has 1 aromatic carbocycles. The molecule has 1 aliphatic rings. The van der Waals surface area contributed by atoms with Gasteiger partial charge in [0.25, 0.3) is 0 Å². The molecule has 0 amide bonds. The fourth-order valence-electron chi connectivity index (χ4n) is 3.40. The summed E-state index contributed by atoms with van der Waals surface area (Å²) < 4.78 is 38.9. The van der Waals surface area contributed by atoms with Gasteiger partial charge in [-0.3, -0.25) is 9.48 Å². The number of benzene rings is 1. The number of halogens is 3. The Morgan fingerprint density at radius 1 is 1.32 bits per heavy atom. The monoisotopic (exact) mass is 353 g/mol. The van der Waals surface area contributed by atoms with E-state index < -0.39 is 24.8 Å². The number of hydrogen-bond acceptors (Lipinski definition) is 3. The zero-order valence-corrected chi connectivity index (χ0v) is 14.2. The van der Waals surface area contributed by atoms with Gasteiger partial charge in [-0.1, -0.05) is 0 Å². The van der Waals surface area contributed by atoms with E-state index in [0.717, 1.165) is 43.4 Å². The van der Waals surface area contributed by atoms with Gasteiger partial charge in [-0.2, -0.15) is 18.3 Å². The van der Waals surface area contributed by atoms with Gasteiger partial charge in [0.1, 0.15) is 0 Å². The van der Waals surface area contributed by atoms with Gasteiger partial charge in [0.05, 0.1) is 11.9 Å². The minimum absolute atomic E-state index is 0.359. The summed E-state index contributed by atoms with van der Waals surface area (Å²) in [6.45, 7) is 4.64. The summed E-state index contributed by atoms with van der Waals surface area (Å²) in [6.07, 6.45) is -1.79. The average Bonchev–Trinajstić information content (AvgIpc) is 2.97. The lowest BCUT2D eigenvalue weighted by atomic mass is 9.98. The molecule has 0 unspecified atom stereocenters.